The zero-order chi connectivity index (χ0) is 19.4. The van der Waals surface area contributed by atoms with E-state index in [9.17, 15) is 14.4 Å². The van der Waals surface area contributed by atoms with E-state index in [1.807, 2.05) is 13.8 Å². The van der Waals surface area contributed by atoms with Gasteiger partial charge in [-0.1, -0.05) is 0 Å². The highest BCUT2D eigenvalue weighted by Gasteiger charge is 2.31. The summed E-state index contributed by atoms with van der Waals surface area (Å²) in [5.74, 6) is -1.07. The van der Waals surface area contributed by atoms with Crippen molar-refractivity contribution in [2.24, 2.45) is 0 Å². The van der Waals surface area contributed by atoms with E-state index in [1.165, 1.54) is 6.92 Å². The van der Waals surface area contributed by atoms with Gasteiger partial charge >= 0.3 is 5.97 Å². The molecule has 0 spiro atoms. The molecule has 0 radical (unpaired) electrons. The van der Waals surface area contributed by atoms with E-state index in [2.05, 4.69) is 5.32 Å². The Morgan fingerprint density at radius 3 is 2.35 bits per heavy atom. The van der Waals surface area contributed by atoms with Crippen molar-refractivity contribution >= 4 is 23.5 Å². The van der Waals surface area contributed by atoms with Gasteiger partial charge in [0, 0.05) is 0 Å². The highest BCUT2D eigenvalue weighted by molar-refractivity contribution is 6.10. The summed E-state index contributed by atoms with van der Waals surface area (Å²) in [5, 5.41) is 2.62. The minimum Gasteiger partial charge on any atom is -0.462 e. The Kier molecular flexibility index (Phi) is 6.55. The van der Waals surface area contributed by atoms with E-state index in [1.54, 1.807) is 13.8 Å². The number of ketones is 1. The van der Waals surface area contributed by atoms with Gasteiger partial charge in [-0.15, -0.1) is 0 Å². The second-order valence-electron chi connectivity index (χ2n) is 6.65. The Morgan fingerprint density at radius 2 is 1.81 bits per heavy atom. The number of rotatable bonds is 6. The molecular weight excluding hydrogens is 340 g/mol. The second-order valence-corrected chi connectivity index (χ2v) is 6.65. The van der Waals surface area contributed by atoms with Gasteiger partial charge in [-0.05, 0) is 34.6 Å². The van der Waals surface area contributed by atoms with Crippen LogP contribution < -0.4 is 10.2 Å². The number of aryl methyl sites for hydroxylation is 1. The number of nitrogens with one attached hydrogen (secondary N) is 2. The van der Waals surface area contributed by atoms with Crippen LogP contribution in [0.15, 0.2) is 4.42 Å². The third-order valence-corrected chi connectivity index (χ3v) is 4.20. The maximum Gasteiger partial charge on any atom is 0.344 e. The molecule has 0 bridgehead atoms. The van der Waals surface area contributed by atoms with Crippen LogP contribution in [-0.4, -0.2) is 56.1 Å². The number of quaternary nitrogens is 1. The monoisotopic (exact) mass is 367 g/mol. The molecule has 0 saturated carbocycles. The predicted octanol–water partition coefficient (Wildman–Crippen LogP) is 0.598. The third-order valence-electron chi connectivity index (χ3n) is 4.20. The van der Waals surface area contributed by atoms with Crippen molar-refractivity contribution in [1.82, 2.24) is 0 Å². The molecule has 1 amide bonds. The van der Waals surface area contributed by atoms with E-state index >= 15 is 0 Å². The second kappa shape index (κ2) is 8.46. The Balaban J connectivity index is 2.17. The normalized spacial score (nSPS) is 22.7. The zero-order valence-corrected chi connectivity index (χ0v) is 15.9. The maximum atomic E-state index is 12.4. The number of morpholine rings is 1. The summed E-state index contributed by atoms with van der Waals surface area (Å²) >= 11 is 0. The van der Waals surface area contributed by atoms with Crippen molar-refractivity contribution in [1.29, 1.82) is 0 Å². The highest BCUT2D eigenvalue weighted by atomic mass is 16.5. The molecule has 1 aliphatic heterocycles. The fourth-order valence-electron chi connectivity index (χ4n) is 3.39. The SMILES string of the molecule is CCOC(=O)c1c(NC(=O)C[NH+]2C[C@@H](C)O[C@H](C)C2)oc(C)c1C(C)=O. The van der Waals surface area contributed by atoms with Crippen LogP contribution >= 0.6 is 0 Å². The summed E-state index contributed by atoms with van der Waals surface area (Å²) in [6.07, 6.45) is 0.152. The Morgan fingerprint density at radius 1 is 1.19 bits per heavy atom. The van der Waals surface area contributed by atoms with Crippen molar-refractivity contribution in [3.8, 4) is 0 Å². The first-order chi connectivity index (χ1) is 12.2. The number of anilines is 1. The van der Waals surface area contributed by atoms with Gasteiger partial charge in [0.25, 0.3) is 5.91 Å². The van der Waals surface area contributed by atoms with Crippen LogP contribution in [0.25, 0.3) is 0 Å². The molecule has 144 valence electrons. The van der Waals surface area contributed by atoms with Crippen LogP contribution in [0.5, 0.6) is 0 Å². The van der Waals surface area contributed by atoms with Gasteiger partial charge in [-0.3, -0.25) is 14.9 Å². The average molecular weight is 367 g/mol. The van der Waals surface area contributed by atoms with Gasteiger partial charge in [0.15, 0.2) is 12.3 Å². The summed E-state index contributed by atoms with van der Waals surface area (Å²) < 4.78 is 16.2. The van der Waals surface area contributed by atoms with Crippen LogP contribution in [0.2, 0.25) is 0 Å². The standard InChI is InChI=1S/C18H26N2O6/c1-6-24-18(23)16-15(12(4)21)13(5)26-17(16)19-14(22)9-20-7-10(2)25-11(3)8-20/h10-11H,6-9H2,1-5H3,(H,19,22)/p+1/t10-,11-/m1/s1. The minimum atomic E-state index is -0.689. The number of hydrogen-bond donors (Lipinski definition) is 2. The summed E-state index contributed by atoms with van der Waals surface area (Å²) in [4.78, 5) is 37.7. The Bertz CT molecular complexity index is 686. The van der Waals surface area contributed by atoms with Gasteiger partial charge in [-0.2, -0.15) is 0 Å². The lowest BCUT2D eigenvalue weighted by Gasteiger charge is -2.31. The van der Waals surface area contributed by atoms with Gasteiger partial charge in [0.1, 0.15) is 36.6 Å². The summed E-state index contributed by atoms with van der Waals surface area (Å²) in [6.45, 7) is 10.3. The number of hydrogen-bond acceptors (Lipinski definition) is 6. The number of ether oxygens (including phenoxy) is 2. The van der Waals surface area contributed by atoms with Crippen molar-refractivity contribution in [3.63, 3.8) is 0 Å². The van der Waals surface area contributed by atoms with Crippen molar-refractivity contribution in [2.45, 2.75) is 46.8 Å². The Hall–Kier alpha value is -2.19. The largest absolute Gasteiger partial charge is 0.462 e. The zero-order valence-electron chi connectivity index (χ0n) is 15.9. The fourth-order valence-corrected chi connectivity index (χ4v) is 3.39. The van der Waals surface area contributed by atoms with Gasteiger partial charge in [0.2, 0.25) is 5.88 Å². The Labute approximate surface area is 152 Å². The molecule has 8 nitrogen and oxygen atoms in total. The molecule has 1 aromatic heterocycles. The lowest BCUT2D eigenvalue weighted by molar-refractivity contribution is -0.907. The van der Waals surface area contributed by atoms with Crippen LogP contribution in [0.3, 0.4) is 0 Å². The molecule has 2 heterocycles. The summed E-state index contributed by atoms with van der Waals surface area (Å²) in [6, 6.07) is 0. The lowest BCUT2D eigenvalue weighted by atomic mass is 10.1. The quantitative estimate of drug-likeness (QED) is 0.564. The molecular formula is C18H27N2O6+. The molecule has 0 unspecified atom stereocenters. The number of amides is 1. The molecule has 1 aliphatic rings. The molecule has 0 aromatic carbocycles. The topological polar surface area (TPSA) is 99.3 Å². The number of carbonyl (C=O) groups excluding carboxylic acids is 3. The lowest BCUT2D eigenvalue weighted by Crippen LogP contribution is -3.16. The smallest absolute Gasteiger partial charge is 0.344 e. The average Bonchev–Trinajstić information content (AvgIpc) is 2.82. The number of esters is 1. The molecule has 2 N–H and O–H groups in total. The molecule has 2 rings (SSSR count). The van der Waals surface area contributed by atoms with Crippen molar-refractivity contribution in [2.75, 3.05) is 31.6 Å². The summed E-state index contributed by atoms with van der Waals surface area (Å²) in [7, 11) is 0. The van der Waals surface area contributed by atoms with E-state index in [-0.39, 0.29) is 59.8 Å². The van der Waals surface area contributed by atoms with Crippen molar-refractivity contribution < 1.29 is 33.2 Å². The van der Waals surface area contributed by atoms with E-state index in [4.69, 9.17) is 13.9 Å². The molecule has 26 heavy (non-hydrogen) atoms. The van der Waals surface area contributed by atoms with Gasteiger partial charge in [0.05, 0.1) is 12.2 Å². The maximum absolute atomic E-state index is 12.4. The molecule has 8 heteroatoms. The number of furan rings is 1. The van der Waals surface area contributed by atoms with Gasteiger partial charge < -0.3 is 18.8 Å². The molecule has 1 fully saturated rings. The van der Waals surface area contributed by atoms with E-state index in [0.29, 0.717) is 0 Å². The number of carbonyl (C=O) groups is 3. The highest BCUT2D eigenvalue weighted by Crippen LogP contribution is 2.28. The molecule has 0 aliphatic carbocycles. The molecule has 1 saturated heterocycles. The molecule has 1 aromatic rings. The van der Waals surface area contributed by atoms with Gasteiger partial charge in [-0.25, -0.2) is 4.79 Å². The van der Waals surface area contributed by atoms with Crippen LogP contribution in [0, 0.1) is 6.92 Å². The third kappa shape index (κ3) is 4.70. The molecule has 2 atom stereocenters. The fraction of sp³-hybridized carbons (Fsp3) is 0.611. The van der Waals surface area contributed by atoms with E-state index in [0.717, 1.165) is 18.0 Å². The van der Waals surface area contributed by atoms with Crippen LogP contribution in [0.4, 0.5) is 5.88 Å². The first-order valence-electron chi connectivity index (χ1n) is 8.83. The summed E-state index contributed by atoms with van der Waals surface area (Å²) in [5.41, 5.74) is 0.114. The first-order valence-corrected chi connectivity index (χ1v) is 8.83. The van der Waals surface area contributed by atoms with E-state index < -0.39 is 5.97 Å². The first kappa shape index (κ1) is 20.1. The van der Waals surface area contributed by atoms with Crippen LogP contribution in [0.1, 0.15) is 54.2 Å². The predicted molar refractivity (Wildman–Crippen MR) is 93.6 cm³/mol. The number of Topliss-reactive ketones (excluding diaryl/α,β-unsaturated/α-hetero) is 1. The van der Waals surface area contributed by atoms with Crippen LogP contribution in [-0.2, 0) is 14.3 Å². The van der Waals surface area contributed by atoms with Crippen molar-refractivity contribution in [3.05, 3.63) is 16.9 Å². The minimum absolute atomic E-state index is 0.0242.